The highest BCUT2D eigenvalue weighted by Crippen LogP contribution is 2.55. The van der Waals surface area contributed by atoms with Crippen molar-refractivity contribution in [3.05, 3.63) is 180 Å². The summed E-state index contributed by atoms with van der Waals surface area (Å²) in [6.45, 7) is 2.24. The third-order valence-electron chi connectivity index (χ3n) is 10.1. The molecule has 226 valence electrons. The fourth-order valence-corrected chi connectivity index (χ4v) is 8.04. The van der Waals surface area contributed by atoms with Gasteiger partial charge in [0, 0.05) is 33.9 Å². The molecule has 47 heavy (non-hydrogen) atoms. The molecular formula is C45H36N2. The van der Waals surface area contributed by atoms with Gasteiger partial charge in [0.25, 0.3) is 0 Å². The lowest BCUT2D eigenvalue weighted by molar-refractivity contribution is 0.726. The van der Waals surface area contributed by atoms with E-state index >= 15 is 0 Å². The summed E-state index contributed by atoms with van der Waals surface area (Å²) < 4.78 is 2.48. The standard InChI is InChI=1S/C45H36N2/c1-2-13-31-24-26-32(27-25-31)34-16-12-17-35(30-34)46-40-22-10-7-19-37(40)44-42(46)28-29-43-45(44)38-20-8-11-23-41(38)47(43)39-21-9-6-18-36(39)33-14-4-3-5-15-33/h3-12,14-30,43,45H,2,13H2,1H3. The van der Waals surface area contributed by atoms with Crippen LogP contribution in [0.1, 0.15) is 41.6 Å². The number of fused-ring (bicyclic) bond motifs is 7. The van der Waals surface area contributed by atoms with Crippen molar-refractivity contribution >= 4 is 28.4 Å². The Morgan fingerprint density at radius 1 is 0.596 bits per heavy atom. The fraction of sp³-hybridized carbons (Fsp3) is 0.111. The smallest absolute Gasteiger partial charge is 0.0637 e. The summed E-state index contributed by atoms with van der Waals surface area (Å²) in [4.78, 5) is 2.58. The molecule has 1 aromatic heterocycles. The van der Waals surface area contributed by atoms with Gasteiger partial charge in [-0.05, 0) is 76.2 Å². The van der Waals surface area contributed by atoms with Crippen molar-refractivity contribution in [2.75, 3.05) is 4.90 Å². The van der Waals surface area contributed by atoms with Crippen molar-refractivity contribution in [3.8, 4) is 27.9 Å². The first-order chi connectivity index (χ1) is 23.3. The molecule has 0 bridgehead atoms. The Hall–Kier alpha value is -5.60. The maximum Gasteiger partial charge on any atom is 0.0637 e. The van der Waals surface area contributed by atoms with Gasteiger partial charge >= 0.3 is 0 Å². The van der Waals surface area contributed by atoms with E-state index in [1.54, 1.807) is 0 Å². The SMILES string of the molecule is CCCc1ccc(-c2cccc(-n3c4c(c5ccccc53)C3c5ccccc5N(c5ccccc5-c5ccccc5)C3C=C4)c2)cc1. The van der Waals surface area contributed by atoms with E-state index in [1.165, 1.54) is 72.6 Å². The van der Waals surface area contributed by atoms with E-state index in [0.29, 0.717) is 0 Å². The van der Waals surface area contributed by atoms with Gasteiger partial charge in [0.05, 0.1) is 17.3 Å². The highest BCUT2D eigenvalue weighted by Gasteiger charge is 2.43. The molecule has 1 aliphatic carbocycles. The molecule has 1 aliphatic heterocycles. The third-order valence-corrected chi connectivity index (χ3v) is 10.1. The molecule has 7 aromatic rings. The number of aromatic nitrogens is 1. The summed E-state index contributed by atoms with van der Waals surface area (Å²) in [5.74, 6) is 0.204. The molecule has 2 aliphatic rings. The lowest BCUT2D eigenvalue weighted by atomic mass is 9.82. The molecule has 0 amide bonds. The summed E-state index contributed by atoms with van der Waals surface area (Å²) in [5, 5.41) is 1.32. The first-order valence-electron chi connectivity index (χ1n) is 16.8. The molecule has 2 heterocycles. The van der Waals surface area contributed by atoms with Crippen LogP contribution in [0.5, 0.6) is 0 Å². The molecule has 2 nitrogen and oxygen atoms in total. The quantitative estimate of drug-likeness (QED) is 0.183. The fourth-order valence-electron chi connectivity index (χ4n) is 8.04. The second-order valence-electron chi connectivity index (χ2n) is 12.8. The molecule has 2 unspecified atom stereocenters. The molecule has 2 heteroatoms. The number of rotatable bonds is 6. The van der Waals surface area contributed by atoms with Gasteiger partial charge in [-0.2, -0.15) is 0 Å². The Morgan fingerprint density at radius 2 is 1.32 bits per heavy atom. The topological polar surface area (TPSA) is 8.17 Å². The van der Waals surface area contributed by atoms with Crippen molar-refractivity contribution in [2.45, 2.75) is 31.7 Å². The predicted molar refractivity (Wildman–Crippen MR) is 198 cm³/mol. The Labute approximate surface area is 276 Å². The number of hydrogen-bond donors (Lipinski definition) is 0. The molecule has 6 aromatic carbocycles. The minimum absolute atomic E-state index is 0.164. The monoisotopic (exact) mass is 604 g/mol. The highest BCUT2D eigenvalue weighted by atomic mass is 15.2. The van der Waals surface area contributed by atoms with Crippen molar-refractivity contribution in [1.82, 2.24) is 4.57 Å². The highest BCUT2D eigenvalue weighted by molar-refractivity contribution is 5.95. The van der Waals surface area contributed by atoms with E-state index in [1.807, 2.05) is 0 Å². The first-order valence-corrected chi connectivity index (χ1v) is 16.8. The Kier molecular flexibility index (Phi) is 6.67. The normalized spacial score (nSPS) is 16.2. The molecule has 0 saturated carbocycles. The lowest BCUT2D eigenvalue weighted by Gasteiger charge is -2.32. The molecule has 9 rings (SSSR count). The number of hydrogen-bond acceptors (Lipinski definition) is 1. The Bertz CT molecular complexity index is 2270. The van der Waals surface area contributed by atoms with E-state index in [2.05, 4.69) is 180 Å². The van der Waals surface area contributed by atoms with Crippen LogP contribution in [0.2, 0.25) is 0 Å². The summed E-state index contributed by atoms with van der Waals surface area (Å²) in [6, 6.07) is 56.0. The first kappa shape index (κ1) is 27.7. The number of para-hydroxylation sites is 3. The Balaban J connectivity index is 1.21. The van der Waals surface area contributed by atoms with E-state index in [4.69, 9.17) is 0 Å². The maximum absolute atomic E-state index is 2.58. The van der Waals surface area contributed by atoms with Crippen LogP contribution in [0.15, 0.2) is 158 Å². The maximum atomic E-state index is 2.58. The Morgan fingerprint density at radius 3 is 2.17 bits per heavy atom. The average Bonchev–Trinajstić information content (AvgIpc) is 3.65. The minimum atomic E-state index is 0.164. The third kappa shape index (κ3) is 4.47. The van der Waals surface area contributed by atoms with Crippen molar-refractivity contribution in [1.29, 1.82) is 0 Å². The minimum Gasteiger partial charge on any atom is -0.333 e. The van der Waals surface area contributed by atoms with Gasteiger partial charge in [-0.3, -0.25) is 0 Å². The van der Waals surface area contributed by atoms with Crippen molar-refractivity contribution in [3.63, 3.8) is 0 Å². The second-order valence-corrected chi connectivity index (χ2v) is 12.8. The van der Waals surface area contributed by atoms with Gasteiger partial charge in [0.2, 0.25) is 0 Å². The number of nitrogens with zero attached hydrogens (tertiary/aromatic N) is 2. The van der Waals surface area contributed by atoms with E-state index in [9.17, 15) is 0 Å². The van der Waals surface area contributed by atoms with Crippen LogP contribution in [0, 0.1) is 0 Å². The van der Waals surface area contributed by atoms with Crippen LogP contribution in [-0.4, -0.2) is 10.6 Å². The number of benzene rings is 6. The van der Waals surface area contributed by atoms with Gasteiger partial charge in [-0.25, -0.2) is 0 Å². The van der Waals surface area contributed by atoms with Gasteiger partial charge in [0.15, 0.2) is 0 Å². The zero-order valence-electron chi connectivity index (χ0n) is 26.6. The summed E-state index contributed by atoms with van der Waals surface area (Å²) in [5.41, 5.74) is 15.4. The van der Waals surface area contributed by atoms with E-state index < -0.39 is 0 Å². The van der Waals surface area contributed by atoms with Crippen LogP contribution < -0.4 is 4.90 Å². The number of anilines is 2. The lowest BCUT2D eigenvalue weighted by Crippen LogP contribution is -2.31. The largest absolute Gasteiger partial charge is 0.333 e. The van der Waals surface area contributed by atoms with E-state index in [0.717, 1.165) is 12.8 Å². The summed E-state index contributed by atoms with van der Waals surface area (Å²) in [6.07, 6.45) is 7.11. The summed E-state index contributed by atoms with van der Waals surface area (Å²) in [7, 11) is 0. The molecule has 0 N–H and O–H groups in total. The van der Waals surface area contributed by atoms with Crippen LogP contribution in [0.3, 0.4) is 0 Å². The molecule has 0 spiro atoms. The van der Waals surface area contributed by atoms with Crippen molar-refractivity contribution < 1.29 is 0 Å². The van der Waals surface area contributed by atoms with Gasteiger partial charge in [-0.1, -0.05) is 141 Å². The summed E-state index contributed by atoms with van der Waals surface area (Å²) >= 11 is 0. The van der Waals surface area contributed by atoms with Crippen LogP contribution in [0.4, 0.5) is 11.4 Å². The van der Waals surface area contributed by atoms with Crippen LogP contribution in [-0.2, 0) is 6.42 Å². The number of aryl methyl sites for hydroxylation is 1. The molecule has 0 saturated heterocycles. The van der Waals surface area contributed by atoms with Crippen LogP contribution >= 0.6 is 0 Å². The second kappa shape index (κ2) is 11.3. The molecule has 0 fully saturated rings. The van der Waals surface area contributed by atoms with Crippen LogP contribution in [0.25, 0.3) is 44.9 Å². The van der Waals surface area contributed by atoms with E-state index in [-0.39, 0.29) is 12.0 Å². The molecule has 2 atom stereocenters. The molecule has 0 radical (unpaired) electrons. The van der Waals surface area contributed by atoms with Gasteiger partial charge < -0.3 is 9.47 Å². The molecular weight excluding hydrogens is 569 g/mol. The zero-order valence-corrected chi connectivity index (χ0v) is 26.6. The zero-order chi connectivity index (χ0) is 31.3. The average molecular weight is 605 g/mol. The van der Waals surface area contributed by atoms with Crippen molar-refractivity contribution in [2.24, 2.45) is 0 Å². The van der Waals surface area contributed by atoms with Gasteiger partial charge in [0.1, 0.15) is 0 Å². The predicted octanol–water partition coefficient (Wildman–Crippen LogP) is 11.6. The van der Waals surface area contributed by atoms with Gasteiger partial charge in [-0.15, -0.1) is 0 Å².